The highest BCUT2D eigenvalue weighted by Crippen LogP contribution is 2.15. The number of amides is 2. The average Bonchev–Trinajstić information content (AvgIpc) is 3.26. The molecule has 2 amide bonds. The lowest BCUT2D eigenvalue weighted by atomic mass is 10.1. The number of aromatic nitrogens is 1. The number of H-pyrrole nitrogens is 1. The van der Waals surface area contributed by atoms with Crippen LogP contribution in [0.4, 0.5) is 0 Å². The van der Waals surface area contributed by atoms with Gasteiger partial charge in [0.15, 0.2) is 0 Å². The molecule has 1 aromatic heterocycles. The van der Waals surface area contributed by atoms with Crippen LogP contribution in [0.5, 0.6) is 0 Å². The van der Waals surface area contributed by atoms with Crippen LogP contribution in [0.2, 0.25) is 0 Å². The predicted octanol–water partition coefficient (Wildman–Crippen LogP) is 1.78. The predicted molar refractivity (Wildman–Crippen MR) is 91.8 cm³/mol. The van der Waals surface area contributed by atoms with Gasteiger partial charge in [0.05, 0.1) is 13.2 Å². The summed E-state index contributed by atoms with van der Waals surface area (Å²) in [5, 5.41) is 3.68. The second-order valence-corrected chi connectivity index (χ2v) is 6.11. The van der Waals surface area contributed by atoms with Crippen LogP contribution >= 0.6 is 0 Å². The highest BCUT2D eigenvalue weighted by molar-refractivity contribution is 5.99. The Hall–Kier alpha value is -2.34. The van der Waals surface area contributed by atoms with Crippen LogP contribution in [-0.2, 0) is 9.53 Å². The molecule has 0 saturated carbocycles. The number of para-hydroxylation sites is 1. The minimum atomic E-state index is -0.264. The third kappa shape index (κ3) is 3.76. The molecule has 1 aromatic carbocycles. The summed E-state index contributed by atoms with van der Waals surface area (Å²) in [6, 6.07) is 9.49. The molecule has 1 aliphatic heterocycles. The van der Waals surface area contributed by atoms with E-state index in [1.165, 1.54) is 0 Å². The van der Waals surface area contributed by atoms with Gasteiger partial charge in [-0.15, -0.1) is 0 Å². The molecule has 6 nitrogen and oxygen atoms in total. The maximum Gasteiger partial charge on any atom is 0.268 e. The summed E-state index contributed by atoms with van der Waals surface area (Å²) in [6.07, 6.45) is 0.991. The molecule has 2 heterocycles. The molecule has 0 aliphatic carbocycles. The zero-order chi connectivity index (χ0) is 16.9. The zero-order valence-corrected chi connectivity index (χ0v) is 13.9. The van der Waals surface area contributed by atoms with Gasteiger partial charge in [-0.25, -0.2) is 0 Å². The summed E-state index contributed by atoms with van der Waals surface area (Å²) in [5.41, 5.74) is 1.38. The van der Waals surface area contributed by atoms with Crippen molar-refractivity contribution >= 4 is 22.7 Å². The molecule has 1 atom stereocenters. The van der Waals surface area contributed by atoms with E-state index in [1.807, 2.05) is 31.2 Å². The minimum absolute atomic E-state index is 0.00954. The Bertz CT molecular complexity index is 686. The van der Waals surface area contributed by atoms with Crippen LogP contribution < -0.4 is 5.32 Å². The number of nitrogens with zero attached hydrogens (tertiary/aromatic N) is 1. The number of rotatable bonds is 6. The number of hydrogen-bond acceptors (Lipinski definition) is 3. The molecule has 0 radical (unpaired) electrons. The molecule has 128 valence electrons. The minimum Gasteiger partial charge on any atom is -0.381 e. The van der Waals surface area contributed by atoms with E-state index in [1.54, 1.807) is 11.0 Å². The first-order valence-corrected chi connectivity index (χ1v) is 8.39. The fourth-order valence-corrected chi connectivity index (χ4v) is 3.00. The number of hydrogen-bond donors (Lipinski definition) is 2. The van der Waals surface area contributed by atoms with Crippen molar-refractivity contribution in [2.45, 2.75) is 13.3 Å². The first-order valence-electron chi connectivity index (χ1n) is 8.39. The molecule has 24 heavy (non-hydrogen) atoms. The van der Waals surface area contributed by atoms with E-state index in [-0.39, 0.29) is 18.4 Å². The van der Waals surface area contributed by atoms with Crippen LogP contribution in [0.1, 0.15) is 23.8 Å². The van der Waals surface area contributed by atoms with Gasteiger partial charge in [0.1, 0.15) is 5.69 Å². The topological polar surface area (TPSA) is 74.4 Å². The standard InChI is InChI=1S/C18H23N3O3/c1-2-21(11-13-7-8-24-12-13)17(22)10-19-18(23)16-9-14-5-3-4-6-15(14)20-16/h3-6,9,13,20H,2,7-8,10-12H2,1H3,(H,19,23)/t13-/m0/s1. The number of likely N-dealkylation sites (N-methyl/N-ethyl adjacent to an activating group) is 1. The van der Waals surface area contributed by atoms with Gasteiger partial charge in [-0.05, 0) is 25.5 Å². The number of aromatic amines is 1. The third-order valence-electron chi connectivity index (χ3n) is 4.41. The molecule has 1 saturated heterocycles. The van der Waals surface area contributed by atoms with Crippen molar-refractivity contribution in [2.75, 3.05) is 32.8 Å². The van der Waals surface area contributed by atoms with Gasteiger partial charge in [0.25, 0.3) is 5.91 Å². The normalized spacial score (nSPS) is 17.1. The Balaban J connectivity index is 1.55. The van der Waals surface area contributed by atoms with Crippen LogP contribution in [0, 0.1) is 5.92 Å². The number of fused-ring (bicyclic) bond motifs is 1. The van der Waals surface area contributed by atoms with E-state index in [2.05, 4.69) is 10.3 Å². The highest BCUT2D eigenvalue weighted by Gasteiger charge is 2.22. The van der Waals surface area contributed by atoms with Crippen molar-refractivity contribution in [2.24, 2.45) is 5.92 Å². The second kappa shape index (κ2) is 7.49. The van der Waals surface area contributed by atoms with Gasteiger partial charge in [-0.1, -0.05) is 18.2 Å². The van der Waals surface area contributed by atoms with Gasteiger partial charge >= 0.3 is 0 Å². The first-order chi connectivity index (χ1) is 11.7. The van der Waals surface area contributed by atoms with Crippen LogP contribution in [0.15, 0.2) is 30.3 Å². The van der Waals surface area contributed by atoms with Crippen LogP contribution in [0.25, 0.3) is 10.9 Å². The van der Waals surface area contributed by atoms with Crippen molar-refractivity contribution in [1.29, 1.82) is 0 Å². The molecular weight excluding hydrogens is 306 g/mol. The van der Waals surface area contributed by atoms with E-state index in [9.17, 15) is 9.59 Å². The number of benzene rings is 1. The molecule has 3 rings (SSSR count). The lowest BCUT2D eigenvalue weighted by Gasteiger charge is -2.23. The number of carbonyl (C=O) groups excluding carboxylic acids is 2. The molecular formula is C18H23N3O3. The van der Waals surface area contributed by atoms with Crippen molar-refractivity contribution < 1.29 is 14.3 Å². The van der Waals surface area contributed by atoms with Gasteiger partial charge in [0.2, 0.25) is 5.91 Å². The van der Waals surface area contributed by atoms with Gasteiger partial charge in [0, 0.05) is 36.5 Å². The van der Waals surface area contributed by atoms with Crippen LogP contribution in [-0.4, -0.2) is 54.5 Å². The molecule has 0 spiro atoms. The van der Waals surface area contributed by atoms with Crippen molar-refractivity contribution in [3.05, 3.63) is 36.0 Å². The monoisotopic (exact) mass is 329 g/mol. The summed E-state index contributed by atoms with van der Waals surface area (Å²) in [7, 11) is 0. The van der Waals surface area contributed by atoms with E-state index in [4.69, 9.17) is 4.74 Å². The SMILES string of the molecule is CCN(C[C@@H]1CCOC1)C(=O)CNC(=O)c1cc2ccccc2[nH]1. The Morgan fingerprint density at radius 1 is 1.38 bits per heavy atom. The van der Waals surface area contributed by atoms with E-state index < -0.39 is 0 Å². The van der Waals surface area contributed by atoms with Crippen molar-refractivity contribution in [3.8, 4) is 0 Å². The largest absolute Gasteiger partial charge is 0.381 e. The zero-order valence-electron chi connectivity index (χ0n) is 13.9. The van der Waals surface area contributed by atoms with Gasteiger partial charge in [-0.2, -0.15) is 0 Å². The molecule has 1 aliphatic rings. The molecule has 0 unspecified atom stereocenters. The summed E-state index contributed by atoms with van der Waals surface area (Å²) < 4.78 is 5.36. The first kappa shape index (κ1) is 16.5. The third-order valence-corrected chi connectivity index (χ3v) is 4.41. The summed E-state index contributed by atoms with van der Waals surface area (Å²) in [6.45, 7) is 4.77. The lowest BCUT2D eigenvalue weighted by molar-refractivity contribution is -0.130. The highest BCUT2D eigenvalue weighted by atomic mass is 16.5. The van der Waals surface area contributed by atoms with Crippen LogP contribution in [0.3, 0.4) is 0 Å². The maximum absolute atomic E-state index is 12.3. The van der Waals surface area contributed by atoms with Crippen molar-refractivity contribution in [1.82, 2.24) is 15.2 Å². The quantitative estimate of drug-likeness (QED) is 0.848. The van der Waals surface area contributed by atoms with Gasteiger partial charge < -0.3 is 19.9 Å². The van der Waals surface area contributed by atoms with E-state index in [0.29, 0.717) is 31.3 Å². The molecule has 0 bridgehead atoms. The smallest absolute Gasteiger partial charge is 0.268 e. The Morgan fingerprint density at radius 2 is 2.21 bits per heavy atom. The Kier molecular flexibility index (Phi) is 5.15. The Morgan fingerprint density at radius 3 is 2.92 bits per heavy atom. The summed E-state index contributed by atoms with van der Waals surface area (Å²) in [5.74, 6) is 0.0759. The molecule has 1 fully saturated rings. The number of nitrogens with one attached hydrogen (secondary N) is 2. The summed E-state index contributed by atoms with van der Waals surface area (Å²) >= 11 is 0. The average molecular weight is 329 g/mol. The number of carbonyl (C=O) groups is 2. The fourth-order valence-electron chi connectivity index (χ4n) is 3.00. The lowest BCUT2D eigenvalue weighted by Crippen LogP contribution is -2.42. The van der Waals surface area contributed by atoms with Crippen molar-refractivity contribution in [3.63, 3.8) is 0 Å². The molecule has 2 N–H and O–H groups in total. The summed E-state index contributed by atoms with van der Waals surface area (Å²) in [4.78, 5) is 29.4. The Labute approximate surface area is 141 Å². The molecule has 6 heteroatoms. The molecule has 2 aromatic rings. The second-order valence-electron chi connectivity index (χ2n) is 6.11. The van der Waals surface area contributed by atoms with Gasteiger partial charge in [-0.3, -0.25) is 9.59 Å². The van der Waals surface area contributed by atoms with E-state index >= 15 is 0 Å². The number of ether oxygens (including phenoxy) is 1. The fraction of sp³-hybridized carbons (Fsp3) is 0.444. The maximum atomic E-state index is 12.3. The van der Waals surface area contributed by atoms with E-state index in [0.717, 1.165) is 23.9 Å².